The van der Waals surface area contributed by atoms with E-state index >= 15 is 0 Å². The minimum Gasteiger partial charge on any atom is -0.284 e. The average molecular weight is 349 g/mol. The average Bonchev–Trinajstić information content (AvgIpc) is 2.85. The van der Waals surface area contributed by atoms with Crippen LogP contribution in [0.5, 0.6) is 0 Å². The zero-order chi connectivity index (χ0) is 16.6. The number of benzene rings is 2. The van der Waals surface area contributed by atoms with Gasteiger partial charge < -0.3 is 0 Å². The van der Waals surface area contributed by atoms with Gasteiger partial charge in [0.2, 0.25) is 0 Å². The van der Waals surface area contributed by atoms with Crippen molar-refractivity contribution < 1.29 is 14.4 Å². The van der Waals surface area contributed by atoms with Gasteiger partial charge in [-0.15, -0.1) is 0 Å². The topological polar surface area (TPSA) is 57.7 Å². The molecular weight excluding hydrogens is 339 g/mol. The highest BCUT2D eigenvalue weighted by Gasteiger charge is 2.41. The zero-order valence-corrected chi connectivity index (χ0v) is 13.2. The first kappa shape index (κ1) is 15.5. The smallest absolute Gasteiger partial charge is 0.284 e. The lowest BCUT2D eigenvalue weighted by atomic mass is 10.2. The van der Waals surface area contributed by atoms with Gasteiger partial charge in [0.15, 0.2) is 0 Å². The maximum atomic E-state index is 12.5. The van der Waals surface area contributed by atoms with Crippen molar-refractivity contribution in [3.05, 3.63) is 64.1 Å². The van der Waals surface area contributed by atoms with Crippen molar-refractivity contribution in [1.29, 1.82) is 0 Å². The third-order valence-electron chi connectivity index (χ3n) is 3.40. The molecule has 1 saturated heterocycles. The maximum Gasteiger partial charge on any atom is 0.338 e. The van der Waals surface area contributed by atoms with Gasteiger partial charge in [0.25, 0.3) is 11.8 Å². The van der Waals surface area contributed by atoms with Crippen molar-refractivity contribution in [1.82, 2.24) is 4.90 Å². The Kier molecular flexibility index (Phi) is 4.07. The van der Waals surface area contributed by atoms with Crippen LogP contribution in [0.3, 0.4) is 0 Å². The fourth-order valence-electron chi connectivity index (χ4n) is 2.27. The van der Waals surface area contributed by atoms with E-state index in [0.29, 0.717) is 10.6 Å². The molecule has 4 amide bonds. The fraction of sp³-hybridized carbons (Fsp3) is 0.0625. The molecule has 5 nitrogen and oxygen atoms in total. The van der Waals surface area contributed by atoms with Crippen LogP contribution in [-0.4, -0.2) is 29.3 Å². The Bertz CT molecular complexity index is 808. The fourth-order valence-corrected chi connectivity index (χ4v) is 2.57. The van der Waals surface area contributed by atoms with Crippen LogP contribution in [0.25, 0.3) is 0 Å². The second-order valence-electron chi connectivity index (χ2n) is 4.87. The highest BCUT2D eigenvalue weighted by atomic mass is 35.5. The van der Waals surface area contributed by atoms with Gasteiger partial charge in [-0.3, -0.25) is 14.5 Å². The van der Waals surface area contributed by atoms with Gasteiger partial charge in [0.05, 0.1) is 10.0 Å². The number of imide groups is 3. The van der Waals surface area contributed by atoms with Crippen LogP contribution >= 0.6 is 23.2 Å². The molecule has 3 rings (SSSR count). The van der Waals surface area contributed by atoms with E-state index in [1.165, 1.54) is 23.1 Å². The zero-order valence-electron chi connectivity index (χ0n) is 11.7. The van der Waals surface area contributed by atoms with E-state index in [0.717, 1.165) is 0 Å². The SMILES string of the molecule is O=C1CN(c2ccccc2)C(=O)N1C(=O)c1ccc(Cl)c(Cl)c1. The monoisotopic (exact) mass is 348 g/mol. The van der Waals surface area contributed by atoms with Crippen molar-refractivity contribution in [2.75, 3.05) is 11.4 Å². The molecule has 0 aliphatic carbocycles. The van der Waals surface area contributed by atoms with Gasteiger partial charge in [-0.25, -0.2) is 4.79 Å². The van der Waals surface area contributed by atoms with E-state index in [1.807, 2.05) is 0 Å². The molecule has 2 aromatic rings. The Morgan fingerprint density at radius 2 is 1.65 bits per heavy atom. The molecule has 0 spiro atoms. The number of para-hydroxylation sites is 1. The summed E-state index contributed by atoms with van der Waals surface area (Å²) in [6, 6.07) is 12.2. The van der Waals surface area contributed by atoms with Crippen molar-refractivity contribution in [3.63, 3.8) is 0 Å². The third kappa shape index (κ3) is 2.81. The molecule has 0 radical (unpaired) electrons. The molecule has 0 atom stereocenters. The molecule has 0 aromatic heterocycles. The van der Waals surface area contributed by atoms with E-state index in [9.17, 15) is 14.4 Å². The molecule has 0 bridgehead atoms. The Hall–Kier alpha value is -2.37. The summed E-state index contributed by atoms with van der Waals surface area (Å²) in [5, 5.41) is 0.463. The van der Waals surface area contributed by atoms with Gasteiger partial charge in [0.1, 0.15) is 6.54 Å². The first-order chi connectivity index (χ1) is 11.0. The first-order valence-corrected chi connectivity index (χ1v) is 7.43. The summed E-state index contributed by atoms with van der Waals surface area (Å²) in [4.78, 5) is 38.9. The standard InChI is InChI=1S/C16H10Cl2N2O3/c17-12-7-6-10(8-13(12)18)15(22)20-14(21)9-19(16(20)23)11-4-2-1-3-5-11/h1-8H,9H2. The van der Waals surface area contributed by atoms with Crippen molar-refractivity contribution in [2.24, 2.45) is 0 Å². The number of urea groups is 1. The molecule has 0 saturated carbocycles. The lowest BCUT2D eigenvalue weighted by Crippen LogP contribution is -2.38. The Morgan fingerprint density at radius 3 is 2.30 bits per heavy atom. The molecule has 1 aliphatic heterocycles. The number of carbonyl (C=O) groups excluding carboxylic acids is 3. The minimum atomic E-state index is -0.725. The largest absolute Gasteiger partial charge is 0.338 e. The number of nitrogens with zero attached hydrogens (tertiary/aromatic N) is 2. The van der Waals surface area contributed by atoms with E-state index in [4.69, 9.17) is 23.2 Å². The Morgan fingerprint density at radius 1 is 0.957 bits per heavy atom. The summed E-state index contributed by atoms with van der Waals surface area (Å²) in [5.74, 6) is -1.31. The number of amides is 4. The predicted octanol–water partition coefficient (Wildman–Crippen LogP) is 3.60. The van der Waals surface area contributed by atoms with E-state index in [2.05, 4.69) is 0 Å². The van der Waals surface area contributed by atoms with Gasteiger partial charge >= 0.3 is 6.03 Å². The van der Waals surface area contributed by atoms with Crippen molar-refractivity contribution in [3.8, 4) is 0 Å². The summed E-state index contributed by atoms with van der Waals surface area (Å²) < 4.78 is 0. The number of rotatable bonds is 2. The molecule has 116 valence electrons. The second kappa shape index (κ2) is 6.02. The third-order valence-corrected chi connectivity index (χ3v) is 4.14. The van der Waals surface area contributed by atoms with Crippen LogP contribution in [0.1, 0.15) is 10.4 Å². The molecule has 0 N–H and O–H groups in total. The second-order valence-corrected chi connectivity index (χ2v) is 5.68. The molecule has 1 fully saturated rings. The maximum absolute atomic E-state index is 12.5. The van der Waals surface area contributed by atoms with Crippen LogP contribution in [0.4, 0.5) is 10.5 Å². The van der Waals surface area contributed by atoms with E-state index in [-0.39, 0.29) is 22.2 Å². The van der Waals surface area contributed by atoms with Gasteiger partial charge in [0, 0.05) is 11.3 Å². The molecule has 1 heterocycles. The van der Waals surface area contributed by atoms with Crippen LogP contribution in [0, 0.1) is 0 Å². The summed E-state index contributed by atoms with van der Waals surface area (Å²) in [6.07, 6.45) is 0. The summed E-state index contributed by atoms with van der Waals surface area (Å²) in [7, 11) is 0. The molecule has 1 aliphatic rings. The number of hydrogen-bond donors (Lipinski definition) is 0. The summed E-state index contributed by atoms with van der Waals surface area (Å²) in [6.45, 7) is -0.185. The highest BCUT2D eigenvalue weighted by Crippen LogP contribution is 2.26. The number of carbonyl (C=O) groups is 3. The Balaban J connectivity index is 1.91. The number of hydrogen-bond acceptors (Lipinski definition) is 3. The van der Waals surface area contributed by atoms with E-state index < -0.39 is 17.8 Å². The van der Waals surface area contributed by atoms with Crippen LogP contribution in [0.2, 0.25) is 10.0 Å². The lowest BCUT2D eigenvalue weighted by molar-refractivity contribution is -0.123. The molecule has 2 aromatic carbocycles. The molecule has 23 heavy (non-hydrogen) atoms. The van der Waals surface area contributed by atoms with E-state index in [1.54, 1.807) is 30.3 Å². The predicted molar refractivity (Wildman–Crippen MR) is 86.8 cm³/mol. The summed E-state index contributed by atoms with van der Waals surface area (Å²) >= 11 is 11.7. The lowest BCUT2D eigenvalue weighted by Gasteiger charge is -2.16. The highest BCUT2D eigenvalue weighted by molar-refractivity contribution is 6.42. The first-order valence-electron chi connectivity index (χ1n) is 6.68. The molecule has 7 heteroatoms. The number of halogens is 2. The Labute approximate surface area is 142 Å². The minimum absolute atomic E-state index is 0.121. The van der Waals surface area contributed by atoms with Crippen LogP contribution in [-0.2, 0) is 4.79 Å². The quantitative estimate of drug-likeness (QED) is 0.615. The number of anilines is 1. The van der Waals surface area contributed by atoms with Gasteiger partial charge in [-0.2, -0.15) is 4.90 Å². The summed E-state index contributed by atoms with van der Waals surface area (Å²) in [5.41, 5.74) is 0.673. The van der Waals surface area contributed by atoms with Gasteiger partial charge in [-0.05, 0) is 30.3 Å². The van der Waals surface area contributed by atoms with Crippen LogP contribution in [0.15, 0.2) is 48.5 Å². The molecule has 0 unspecified atom stereocenters. The van der Waals surface area contributed by atoms with Crippen LogP contribution < -0.4 is 4.90 Å². The van der Waals surface area contributed by atoms with Crippen molar-refractivity contribution in [2.45, 2.75) is 0 Å². The normalized spacial score (nSPS) is 14.5. The van der Waals surface area contributed by atoms with Gasteiger partial charge in [-0.1, -0.05) is 41.4 Å². The molecular formula is C16H10Cl2N2O3. The van der Waals surface area contributed by atoms with Crippen molar-refractivity contribution >= 4 is 46.7 Å².